The topological polar surface area (TPSA) is 16.1 Å². The van der Waals surface area contributed by atoms with Crippen molar-refractivity contribution in [2.24, 2.45) is 0 Å². The molecule has 2 heteroatoms. The molecule has 8 aromatic rings. The van der Waals surface area contributed by atoms with Crippen LogP contribution in [0.15, 0.2) is 206 Å². The summed E-state index contributed by atoms with van der Waals surface area (Å²) in [4.78, 5) is 7.72. The fourth-order valence-corrected chi connectivity index (χ4v) is 8.47. The number of anilines is 3. The summed E-state index contributed by atoms with van der Waals surface area (Å²) in [6, 6.07) is 65.9. The normalized spacial score (nSPS) is 14.6. The second-order valence-corrected chi connectivity index (χ2v) is 15.0. The Hall–Kier alpha value is -7.03. The number of para-hydroxylation sites is 2. The molecule has 1 aromatic heterocycles. The van der Waals surface area contributed by atoms with Crippen molar-refractivity contribution in [2.75, 3.05) is 4.90 Å². The Morgan fingerprint density at radius 2 is 1.18 bits per heavy atom. The maximum Gasteiger partial charge on any atom is 0.0788 e. The zero-order valence-corrected chi connectivity index (χ0v) is 31.8. The van der Waals surface area contributed by atoms with Gasteiger partial charge >= 0.3 is 0 Å². The van der Waals surface area contributed by atoms with Crippen LogP contribution in [0.5, 0.6) is 0 Å². The molecule has 1 heterocycles. The molecule has 0 fully saturated rings. The minimum atomic E-state index is 0.390. The Morgan fingerprint density at radius 3 is 1.95 bits per heavy atom. The lowest BCUT2D eigenvalue weighted by atomic mass is 9.84. The van der Waals surface area contributed by atoms with E-state index in [0.29, 0.717) is 5.92 Å². The Balaban J connectivity index is 1.05. The van der Waals surface area contributed by atoms with Gasteiger partial charge in [0.25, 0.3) is 0 Å². The third-order valence-electron chi connectivity index (χ3n) is 11.4. The van der Waals surface area contributed by atoms with E-state index in [1.807, 2.05) is 0 Å². The number of hydrogen-bond donors (Lipinski definition) is 0. The highest BCUT2D eigenvalue weighted by Gasteiger charge is 2.20. The van der Waals surface area contributed by atoms with E-state index in [9.17, 15) is 0 Å². The SMILES string of the molecule is C1=CC(c2ccc(N(c3ccc(-c4cc5ccccc5nc4-c4ccc5c(c4)C=CC(c4ccccc4)C5)cc3)c3ccccc3-c3ccccc3)cc2)=CCC1. The van der Waals surface area contributed by atoms with Crippen molar-refractivity contribution < 1.29 is 0 Å². The van der Waals surface area contributed by atoms with Crippen molar-refractivity contribution in [1.82, 2.24) is 4.98 Å². The summed E-state index contributed by atoms with van der Waals surface area (Å²) in [7, 11) is 0. The number of allylic oxidation sites excluding steroid dienone is 5. The molecule has 0 saturated carbocycles. The molecule has 1 unspecified atom stereocenters. The molecule has 2 aliphatic rings. The largest absolute Gasteiger partial charge is 0.310 e. The lowest BCUT2D eigenvalue weighted by Crippen LogP contribution is -2.11. The Bertz CT molecular complexity index is 2790. The van der Waals surface area contributed by atoms with Crippen LogP contribution in [0.3, 0.4) is 0 Å². The van der Waals surface area contributed by atoms with Gasteiger partial charge in [0.2, 0.25) is 0 Å². The van der Waals surface area contributed by atoms with Crippen LogP contribution < -0.4 is 4.90 Å². The van der Waals surface area contributed by atoms with Crippen molar-refractivity contribution in [3.63, 3.8) is 0 Å². The standard InChI is InChI=1S/C55H42N2/c1-4-14-39(15-5-1)41-28-32-49(33-29-41)57(54-23-13-11-21-51(54)42-18-8-3-9-19-42)50-34-30-43(31-35-50)52-38-47-20-10-12-22-53(47)56-55(52)48-27-26-45-36-44(24-25-46(45)37-48)40-16-6-2-7-17-40/h2-4,6-35,37-38,44H,1,5,36H2. The first-order chi connectivity index (χ1) is 28.2. The summed E-state index contributed by atoms with van der Waals surface area (Å²) in [6.07, 6.45) is 14.7. The van der Waals surface area contributed by atoms with Gasteiger partial charge in [0.1, 0.15) is 0 Å². The lowest BCUT2D eigenvalue weighted by molar-refractivity contribution is 0.827. The summed E-state index contributed by atoms with van der Waals surface area (Å²) < 4.78 is 0. The van der Waals surface area contributed by atoms with Gasteiger partial charge in [-0.15, -0.1) is 0 Å². The van der Waals surface area contributed by atoms with Gasteiger partial charge in [0, 0.05) is 39.4 Å². The number of aromatic nitrogens is 1. The fourth-order valence-electron chi connectivity index (χ4n) is 8.47. The number of fused-ring (bicyclic) bond motifs is 2. The average Bonchev–Trinajstić information content (AvgIpc) is 3.30. The first kappa shape index (κ1) is 34.5. The van der Waals surface area contributed by atoms with Crippen molar-refractivity contribution in [3.05, 3.63) is 229 Å². The molecule has 57 heavy (non-hydrogen) atoms. The van der Waals surface area contributed by atoms with E-state index in [1.54, 1.807) is 0 Å². The second-order valence-electron chi connectivity index (χ2n) is 15.0. The van der Waals surface area contributed by atoms with E-state index >= 15 is 0 Å². The lowest BCUT2D eigenvalue weighted by Gasteiger charge is -2.28. The van der Waals surface area contributed by atoms with E-state index in [1.165, 1.54) is 39.0 Å². The molecule has 7 aromatic carbocycles. The van der Waals surface area contributed by atoms with E-state index in [2.05, 4.69) is 217 Å². The highest BCUT2D eigenvalue weighted by atomic mass is 15.1. The van der Waals surface area contributed by atoms with Crippen molar-refractivity contribution >= 4 is 39.6 Å². The van der Waals surface area contributed by atoms with Gasteiger partial charge in [-0.2, -0.15) is 0 Å². The molecule has 0 amide bonds. The van der Waals surface area contributed by atoms with Crippen LogP contribution in [0.25, 0.3) is 56.1 Å². The molecule has 0 radical (unpaired) electrons. The van der Waals surface area contributed by atoms with Gasteiger partial charge in [-0.05, 0) is 107 Å². The number of hydrogen-bond acceptors (Lipinski definition) is 2. The van der Waals surface area contributed by atoms with E-state index in [0.717, 1.165) is 69.6 Å². The number of pyridine rings is 1. The van der Waals surface area contributed by atoms with Crippen LogP contribution in [0.4, 0.5) is 17.1 Å². The Kier molecular flexibility index (Phi) is 9.22. The maximum absolute atomic E-state index is 5.33. The van der Waals surface area contributed by atoms with Crippen LogP contribution in [0.1, 0.15) is 41.0 Å². The zero-order valence-electron chi connectivity index (χ0n) is 31.8. The highest BCUT2D eigenvalue weighted by Crippen LogP contribution is 2.43. The molecule has 10 rings (SSSR count). The molecule has 2 nitrogen and oxygen atoms in total. The number of benzene rings is 7. The third kappa shape index (κ3) is 6.92. The molecule has 272 valence electrons. The summed E-state index contributed by atoms with van der Waals surface area (Å²) >= 11 is 0. The molecule has 1 atom stereocenters. The van der Waals surface area contributed by atoms with Crippen molar-refractivity contribution in [1.29, 1.82) is 0 Å². The van der Waals surface area contributed by atoms with Gasteiger partial charge in [-0.25, -0.2) is 4.98 Å². The number of rotatable bonds is 8. The Morgan fingerprint density at radius 1 is 0.509 bits per heavy atom. The van der Waals surface area contributed by atoms with E-state index < -0.39 is 0 Å². The van der Waals surface area contributed by atoms with Gasteiger partial charge in [-0.1, -0.05) is 164 Å². The second kappa shape index (κ2) is 15.2. The summed E-state index contributed by atoms with van der Waals surface area (Å²) in [5.74, 6) is 0.390. The third-order valence-corrected chi connectivity index (χ3v) is 11.4. The number of nitrogens with zero attached hydrogens (tertiary/aromatic N) is 2. The molecule has 2 aliphatic carbocycles. The van der Waals surface area contributed by atoms with E-state index in [-0.39, 0.29) is 0 Å². The Labute approximate surface area is 335 Å². The first-order valence-electron chi connectivity index (χ1n) is 20.0. The van der Waals surface area contributed by atoms with Crippen LogP contribution in [0, 0.1) is 0 Å². The minimum Gasteiger partial charge on any atom is -0.310 e. The minimum absolute atomic E-state index is 0.390. The average molecular weight is 731 g/mol. The molecule has 0 N–H and O–H groups in total. The van der Waals surface area contributed by atoms with Gasteiger partial charge < -0.3 is 4.90 Å². The summed E-state index contributed by atoms with van der Waals surface area (Å²) in [6.45, 7) is 0. The van der Waals surface area contributed by atoms with Crippen LogP contribution >= 0.6 is 0 Å². The molecular weight excluding hydrogens is 689 g/mol. The smallest absolute Gasteiger partial charge is 0.0788 e. The maximum atomic E-state index is 5.33. The van der Waals surface area contributed by atoms with Gasteiger partial charge in [0.15, 0.2) is 0 Å². The van der Waals surface area contributed by atoms with Gasteiger partial charge in [0.05, 0.1) is 16.9 Å². The fraction of sp³-hybridized carbons (Fsp3) is 0.0727. The summed E-state index contributed by atoms with van der Waals surface area (Å²) in [5.41, 5.74) is 17.6. The molecule has 0 bridgehead atoms. The predicted molar refractivity (Wildman–Crippen MR) is 241 cm³/mol. The summed E-state index contributed by atoms with van der Waals surface area (Å²) in [5, 5.41) is 1.13. The first-order valence-corrected chi connectivity index (χ1v) is 20.0. The van der Waals surface area contributed by atoms with Gasteiger partial charge in [-0.3, -0.25) is 0 Å². The van der Waals surface area contributed by atoms with Crippen molar-refractivity contribution in [2.45, 2.75) is 25.2 Å². The molecule has 0 spiro atoms. The van der Waals surface area contributed by atoms with Crippen molar-refractivity contribution in [3.8, 4) is 33.5 Å². The van der Waals surface area contributed by atoms with Crippen LogP contribution in [-0.2, 0) is 6.42 Å². The van der Waals surface area contributed by atoms with E-state index in [4.69, 9.17) is 4.98 Å². The molecular formula is C55H42N2. The molecule has 0 saturated heterocycles. The van der Waals surface area contributed by atoms with Crippen LogP contribution in [0.2, 0.25) is 0 Å². The monoisotopic (exact) mass is 730 g/mol. The predicted octanol–water partition coefficient (Wildman–Crippen LogP) is 14.8. The highest BCUT2D eigenvalue weighted by molar-refractivity contribution is 5.94. The zero-order chi connectivity index (χ0) is 38.0. The molecule has 0 aliphatic heterocycles. The van der Waals surface area contributed by atoms with Crippen LogP contribution in [-0.4, -0.2) is 4.98 Å². The quantitative estimate of drug-likeness (QED) is 0.155.